The standard InChI is InChI=1S/C10H15O3/c1-2-4-10(12)13-9-6-3-5-8(9)7-11/h8-9H,2-6H2,1H3. The molecule has 0 aliphatic heterocycles. The smallest absolute Gasteiger partial charge is 0.306 e. The molecule has 2 atom stereocenters. The third kappa shape index (κ3) is 2.83. The molecular formula is C10H15O3. The molecule has 13 heavy (non-hydrogen) atoms. The van der Waals surface area contributed by atoms with Gasteiger partial charge in [-0.3, -0.25) is 9.59 Å². The van der Waals surface area contributed by atoms with Crippen molar-refractivity contribution in [1.82, 2.24) is 0 Å². The summed E-state index contributed by atoms with van der Waals surface area (Å²) >= 11 is 0. The summed E-state index contributed by atoms with van der Waals surface area (Å²) in [5.74, 6) is -0.365. The van der Waals surface area contributed by atoms with Crippen molar-refractivity contribution in [3.63, 3.8) is 0 Å². The molecule has 0 saturated heterocycles. The van der Waals surface area contributed by atoms with Crippen molar-refractivity contribution in [2.24, 2.45) is 5.92 Å². The molecule has 2 unspecified atom stereocenters. The maximum atomic E-state index is 11.1. The second-order valence-electron chi connectivity index (χ2n) is 3.43. The average Bonchev–Trinajstić information content (AvgIpc) is 2.52. The van der Waals surface area contributed by atoms with Gasteiger partial charge in [0.1, 0.15) is 6.10 Å². The van der Waals surface area contributed by atoms with Gasteiger partial charge < -0.3 is 4.74 Å². The zero-order chi connectivity index (χ0) is 9.68. The number of carbonyl (C=O) groups is 1. The fourth-order valence-corrected chi connectivity index (χ4v) is 1.63. The van der Waals surface area contributed by atoms with E-state index in [0.29, 0.717) is 6.42 Å². The second kappa shape index (κ2) is 5.00. The molecule has 3 heteroatoms. The minimum absolute atomic E-state index is 0.180. The molecule has 0 heterocycles. The lowest BCUT2D eigenvalue weighted by Crippen LogP contribution is -2.22. The highest BCUT2D eigenvalue weighted by atomic mass is 16.5. The average molecular weight is 183 g/mol. The molecule has 0 N–H and O–H groups in total. The zero-order valence-electron chi connectivity index (χ0n) is 7.91. The van der Waals surface area contributed by atoms with Crippen LogP contribution >= 0.6 is 0 Å². The molecule has 0 aromatic rings. The van der Waals surface area contributed by atoms with E-state index >= 15 is 0 Å². The monoisotopic (exact) mass is 183 g/mol. The summed E-state index contributed by atoms with van der Waals surface area (Å²) in [6.45, 7) is 1.93. The molecule has 0 aromatic carbocycles. The van der Waals surface area contributed by atoms with Crippen LogP contribution in [0.25, 0.3) is 0 Å². The van der Waals surface area contributed by atoms with Crippen LogP contribution in [0.1, 0.15) is 39.0 Å². The van der Waals surface area contributed by atoms with Crippen LogP contribution in [-0.4, -0.2) is 18.4 Å². The molecule has 0 amide bonds. The molecule has 1 rings (SSSR count). The number of ether oxygens (including phenoxy) is 1. The quantitative estimate of drug-likeness (QED) is 0.622. The first-order chi connectivity index (χ1) is 6.27. The molecular weight excluding hydrogens is 168 g/mol. The molecule has 1 radical (unpaired) electrons. The van der Waals surface area contributed by atoms with Gasteiger partial charge in [0.25, 0.3) is 0 Å². The van der Waals surface area contributed by atoms with E-state index in [1.54, 1.807) is 0 Å². The van der Waals surface area contributed by atoms with E-state index < -0.39 is 0 Å². The van der Waals surface area contributed by atoms with Crippen molar-refractivity contribution in [2.45, 2.75) is 45.1 Å². The van der Waals surface area contributed by atoms with Gasteiger partial charge in [-0.15, -0.1) is 0 Å². The number of hydrogen-bond acceptors (Lipinski definition) is 3. The van der Waals surface area contributed by atoms with Gasteiger partial charge >= 0.3 is 5.97 Å². The SMILES string of the molecule is CCCC(=O)OC1CCCC1[C]=O. The van der Waals surface area contributed by atoms with Gasteiger partial charge in [0.2, 0.25) is 6.29 Å². The first-order valence-electron chi connectivity index (χ1n) is 4.85. The molecule has 1 saturated carbocycles. The van der Waals surface area contributed by atoms with Crippen molar-refractivity contribution >= 4 is 12.3 Å². The summed E-state index contributed by atoms with van der Waals surface area (Å²) in [7, 11) is 0. The summed E-state index contributed by atoms with van der Waals surface area (Å²) in [5, 5.41) is 0. The van der Waals surface area contributed by atoms with Crippen LogP contribution in [0.3, 0.4) is 0 Å². The van der Waals surface area contributed by atoms with Crippen LogP contribution in [0, 0.1) is 5.92 Å². The van der Waals surface area contributed by atoms with Gasteiger partial charge in [0.05, 0.1) is 5.92 Å². The lowest BCUT2D eigenvalue weighted by Gasteiger charge is -2.14. The number of carbonyl (C=O) groups excluding carboxylic acids is 2. The van der Waals surface area contributed by atoms with Gasteiger partial charge in [-0.1, -0.05) is 6.92 Å². The van der Waals surface area contributed by atoms with Gasteiger partial charge in [-0.2, -0.15) is 0 Å². The van der Waals surface area contributed by atoms with Gasteiger partial charge in [0, 0.05) is 6.42 Å². The third-order valence-electron chi connectivity index (χ3n) is 2.34. The third-order valence-corrected chi connectivity index (χ3v) is 2.34. The summed E-state index contributed by atoms with van der Waals surface area (Å²) in [4.78, 5) is 21.5. The highest BCUT2D eigenvalue weighted by Crippen LogP contribution is 2.26. The first kappa shape index (κ1) is 10.2. The lowest BCUT2D eigenvalue weighted by molar-refractivity contribution is -0.149. The van der Waals surface area contributed by atoms with E-state index in [1.165, 1.54) is 0 Å². The van der Waals surface area contributed by atoms with Crippen molar-refractivity contribution in [1.29, 1.82) is 0 Å². The van der Waals surface area contributed by atoms with Crippen molar-refractivity contribution in [3.05, 3.63) is 0 Å². The van der Waals surface area contributed by atoms with Crippen LogP contribution in [0.15, 0.2) is 0 Å². The molecule has 3 nitrogen and oxygen atoms in total. The van der Waals surface area contributed by atoms with Crippen molar-refractivity contribution in [3.8, 4) is 0 Å². The highest BCUT2D eigenvalue weighted by molar-refractivity contribution is 5.70. The Kier molecular flexibility index (Phi) is 3.93. The summed E-state index contributed by atoms with van der Waals surface area (Å²) in [5.41, 5.74) is 0. The Labute approximate surface area is 78.5 Å². The molecule has 1 aliphatic rings. The predicted molar refractivity (Wildman–Crippen MR) is 47.8 cm³/mol. The molecule has 0 bridgehead atoms. The largest absolute Gasteiger partial charge is 0.462 e. The Hall–Kier alpha value is -0.860. The topological polar surface area (TPSA) is 43.4 Å². The number of rotatable bonds is 4. The van der Waals surface area contributed by atoms with E-state index in [4.69, 9.17) is 4.74 Å². The first-order valence-corrected chi connectivity index (χ1v) is 4.85. The fourth-order valence-electron chi connectivity index (χ4n) is 1.63. The van der Waals surface area contributed by atoms with E-state index in [0.717, 1.165) is 25.7 Å². The van der Waals surface area contributed by atoms with E-state index in [9.17, 15) is 9.59 Å². The van der Waals surface area contributed by atoms with Crippen LogP contribution in [0.4, 0.5) is 0 Å². The van der Waals surface area contributed by atoms with Gasteiger partial charge in [-0.05, 0) is 25.7 Å². The van der Waals surface area contributed by atoms with Crippen LogP contribution in [-0.2, 0) is 14.3 Å². The van der Waals surface area contributed by atoms with Crippen molar-refractivity contribution < 1.29 is 14.3 Å². The van der Waals surface area contributed by atoms with Crippen LogP contribution in [0.5, 0.6) is 0 Å². The Bertz CT molecular complexity index is 189. The normalized spacial score (nSPS) is 27.2. The minimum Gasteiger partial charge on any atom is -0.462 e. The summed E-state index contributed by atoms with van der Waals surface area (Å²) in [6.07, 6.45) is 5.57. The van der Waals surface area contributed by atoms with Crippen LogP contribution < -0.4 is 0 Å². The Morgan fingerprint density at radius 2 is 2.31 bits per heavy atom. The summed E-state index contributed by atoms with van der Waals surface area (Å²) < 4.78 is 5.15. The maximum Gasteiger partial charge on any atom is 0.306 e. The lowest BCUT2D eigenvalue weighted by atomic mass is 10.1. The van der Waals surface area contributed by atoms with Crippen molar-refractivity contribution in [2.75, 3.05) is 0 Å². The fraction of sp³-hybridized carbons (Fsp3) is 0.800. The van der Waals surface area contributed by atoms with E-state index in [-0.39, 0.29) is 18.0 Å². The Morgan fingerprint density at radius 3 is 2.92 bits per heavy atom. The van der Waals surface area contributed by atoms with Gasteiger partial charge in [0.15, 0.2) is 0 Å². The summed E-state index contributed by atoms with van der Waals surface area (Å²) in [6, 6.07) is 0. The number of esters is 1. The Balaban J connectivity index is 2.34. The predicted octanol–water partition coefficient (Wildman–Crippen LogP) is 1.61. The molecule has 0 aromatic heterocycles. The Morgan fingerprint density at radius 1 is 1.54 bits per heavy atom. The molecule has 0 spiro atoms. The molecule has 1 aliphatic carbocycles. The van der Waals surface area contributed by atoms with E-state index in [1.807, 2.05) is 13.2 Å². The van der Waals surface area contributed by atoms with E-state index in [2.05, 4.69) is 0 Å². The molecule has 73 valence electrons. The van der Waals surface area contributed by atoms with Gasteiger partial charge in [-0.25, -0.2) is 0 Å². The minimum atomic E-state index is -0.198. The maximum absolute atomic E-state index is 11.1. The number of hydrogen-bond donors (Lipinski definition) is 0. The highest BCUT2D eigenvalue weighted by Gasteiger charge is 2.30. The van der Waals surface area contributed by atoms with Crippen LogP contribution in [0.2, 0.25) is 0 Å². The second-order valence-corrected chi connectivity index (χ2v) is 3.43. The molecule has 1 fully saturated rings. The zero-order valence-corrected chi connectivity index (χ0v) is 7.91.